The third-order valence-electron chi connectivity index (χ3n) is 3.64. The molecule has 0 aliphatic heterocycles. The van der Waals surface area contributed by atoms with Crippen LogP contribution in [0.2, 0.25) is 0 Å². The molecule has 0 saturated heterocycles. The number of rotatable bonds is 4. The predicted octanol–water partition coefficient (Wildman–Crippen LogP) is 3.74. The van der Waals surface area contributed by atoms with Crippen molar-refractivity contribution in [1.82, 2.24) is 0 Å². The molecule has 0 bridgehead atoms. The van der Waals surface area contributed by atoms with Gasteiger partial charge < -0.3 is 0 Å². The van der Waals surface area contributed by atoms with Gasteiger partial charge in [0, 0.05) is 0 Å². The average molecular weight is 349 g/mol. The number of aromatic hydroxyl groups is 2. The second-order valence-electron chi connectivity index (χ2n) is 5.65. The normalized spacial score (nSPS) is 10.9. The van der Waals surface area contributed by atoms with E-state index in [2.05, 4.69) is 24.3 Å². The maximum absolute atomic E-state index is 9.80. The van der Waals surface area contributed by atoms with Crippen molar-refractivity contribution in [2.75, 3.05) is 0 Å². The second kappa shape index (κ2) is 6.55. The zero-order valence-corrected chi connectivity index (χ0v) is 14.7. The van der Waals surface area contributed by atoms with E-state index in [9.17, 15) is 10.2 Å². The van der Waals surface area contributed by atoms with Crippen molar-refractivity contribution >= 4 is 15.0 Å². The van der Waals surface area contributed by atoms with Gasteiger partial charge in [0.1, 0.15) is 0 Å². The van der Waals surface area contributed by atoms with Gasteiger partial charge >= 0.3 is 133 Å². The third kappa shape index (κ3) is 3.81. The molecule has 112 valence electrons. The van der Waals surface area contributed by atoms with E-state index in [-0.39, 0.29) is 0 Å². The molecule has 0 heterocycles. The molecular weight excluding hydrogens is 327 g/mol. The molecule has 3 heteroatoms. The van der Waals surface area contributed by atoms with Crippen LogP contribution in [0.5, 0.6) is 11.5 Å². The number of hydrogen-bond acceptors (Lipinski definition) is 2. The Hall–Kier alpha value is -1.44. The molecule has 0 aliphatic carbocycles. The Morgan fingerprint density at radius 3 is 1.24 bits per heavy atom. The van der Waals surface area contributed by atoms with E-state index in [4.69, 9.17) is 0 Å². The fourth-order valence-corrected chi connectivity index (χ4v) is 4.45. The number of benzene rings is 2. The second-order valence-corrected chi connectivity index (χ2v) is 7.72. The molecule has 0 radical (unpaired) electrons. The summed E-state index contributed by atoms with van der Waals surface area (Å²) >= 11 is 0.478. The summed E-state index contributed by atoms with van der Waals surface area (Å²) in [5.41, 5.74) is 6.42. The van der Waals surface area contributed by atoms with Gasteiger partial charge in [-0.25, -0.2) is 0 Å². The van der Waals surface area contributed by atoms with Crippen LogP contribution in [-0.4, -0.2) is 25.2 Å². The number of hydrogen-bond donors (Lipinski definition) is 2. The Labute approximate surface area is 133 Å². The molecule has 0 fully saturated rings. The Morgan fingerprint density at radius 1 is 0.667 bits per heavy atom. The fourth-order valence-electron chi connectivity index (χ4n) is 2.54. The molecule has 0 unspecified atom stereocenters. The average Bonchev–Trinajstić information content (AvgIpc) is 2.42. The van der Waals surface area contributed by atoms with Gasteiger partial charge in [-0.1, -0.05) is 0 Å². The van der Waals surface area contributed by atoms with E-state index >= 15 is 0 Å². The van der Waals surface area contributed by atoms with Gasteiger partial charge in [-0.2, -0.15) is 0 Å². The van der Waals surface area contributed by atoms with Crippen LogP contribution in [-0.2, 0) is 10.6 Å². The van der Waals surface area contributed by atoms with Gasteiger partial charge in [0.15, 0.2) is 0 Å². The van der Waals surface area contributed by atoms with E-state index in [1.807, 2.05) is 27.7 Å². The van der Waals surface area contributed by atoms with Crippen LogP contribution < -0.4 is 0 Å². The van der Waals surface area contributed by atoms with Crippen LogP contribution in [0, 0.1) is 27.7 Å². The first-order valence-corrected chi connectivity index (χ1v) is 9.46. The summed E-state index contributed by atoms with van der Waals surface area (Å²) in [6.07, 6.45) is 0. The van der Waals surface area contributed by atoms with Crippen molar-refractivity contribution in [1.29, 1.82) is 0 Å². The summed E-state index contributed by atoms with van der Waals surface area (Å²) < 4.78 is 0. The molecule has 2 aromatic carbocycles. The topological polar surface area (TPSA) is 40.5 Å². The zero-order chi connectivity index (χ0) is 15.6. The van der Waals surface area contributed by atoms with Gasteiger partial charge in [-0.3, -0.25) is 0 Å². The van der Waals surface area contributed by atoms with Crippen LogP contribution >= 0.6 is 0 Å². The van der Waals surface area contributed by atoms with Crippen LogP contribution in [0.25, 0.3) is 0 Å². The molecule has 2 nitrogen and oxygen atoms in total. The minimum atomic E-state index is 0.413. The first kappa shape index (κ1) is 15.9. The van der Waals surface area contributed by atoms with Gasteiger partial charge in [-0.05, 0) is 0 Å². The van der Waals surface area contributed by atoms with Crippen molar-refractivity contribution in [2.24, 2.45) is 0 Å². The monoisotopic (exact) mass is 350 g/mol. The Bertz CT molecular complexity index is 559. The van der Waals surface area contributed by atoms with E-state index in [0.29, 0.717) is 26.5 Å². The SMILES string of the molecule is Cc1cc(C[Se]Cc2cc(C)c(O)c(C)c2)cc(C)c1O. The van der Waals surface area contributed by atoms with E-state index in [1.165, 1.54) is 11.1 Å². The first-order chi connectivity index (χ1) is 9.88. The van der Waals surface area contributed by atoms with Gasteiger partial charge in [0.05, 0.1) is 0 Å². The van der Waals surface area contributed by atoms with Crippen molar-refractivity contribution in [3.63, 3.8) is 0 Å². The quantitative estimate of drug-likeness (QED) is 0.826. The summed E-state index contributed by atoms with van der Waals surface area (Å²) in [6, 6.07) is 8.32. The first-order valence-electron chi connectivity index (χ1n) is 7.04. The van der Waals surface area contributed by atoms with E-state index in [0.717, 1.165) is 32.9 Å². The van der Waals surface area contributed by atoms with Crippen LogP contribution in [0.4, 0.5) is 0 Å². The molecule has 0 aromatic heterocycles. The summed E-state index contributed by atoms with van der Waals surface area (Å²) in [5, 5.41) is 21.7. The van der Waals surface area contributed by atoms with Crippen LogP contribution in [0.3, 0.4) is 0 Å². The van der Waals surface area contributed by atoms with Gasteiger partial charge in [0.25, 0.3) is 0 Å². The molecule has 21 heavy (non-hydrogen) atoms. The van der Waals surface area contributed by atoms with Crippen LogP contribution in [0.15, 0.2) is 24.3 Å². The maximum atomic E-state index is 9.80. The summed E-state index contributed by atoms with van der Waals surface area (Å²) in [7, 11) is 0. The molecule has 0 atom stereocenters. The van der Waals surface area contributed by atoms with Crippen molar-refractivity contribution in [3.05, 3.63) is 57.6 Å². The van der Waals surface area contributed by atoms with Gasteiger partial charge in [0.2, 0.25) is 0 Å². The number of phenolic OH excluding ortho intramolecular Hbond substituents is 2. The summed E-state index contributed by atoms with van der Waals surface area (Å²) in [4.78, 5) is 0. The fraction of sp³-hybridized carbons (Fsp3) is 0.333. The van der Waals surface area contributed by atoms with E-state index in [1.54, 1.807) is 0 Å². The summed E-state index contributed by atoms with van der Waals surface area (Å²) in [5.74, 6) is 0.826. The Balaban J connectivity index is 2.02. The predicted molar refractivity (Wildman–Crippen MR) is 88.3 cm³/mol. The van der Waals surface area contributed by atoms with Crippen molar-refractivity contribution < 1.29 is 10.2 Å². The van der Waals surface area contributed by atoms with Gasteiger partial charge in [-0.15, -0.1) is 0 Å². The molecule has 2 N–H and O–H groups in total. The van der Waals surface area contributed by atoms with Crippen molar-refractivity contribution in [2.45, 2.75) is 38.3 Å². The molecule has 0 amide bonds. The van der Waals surface area contributed by atoms with E-state index < -0.39 is 0 Å². The molecule has 2 aromatic rings. The zero-order valence-electron chi connectivity index (χ0n) is 13.0. The standard InChI is InChI=1S/C18H22O2Se/c1-11-5-15(6-12(2)17(11)19)9-21-10-16-7-13(3)18(20)14(4)8-16/h5-8,19-20H,9-10H2,1-4H3. The number of aryl methyl sites for hydroxylation is 4. The molecular formula is C18H22O2Se. The molecule has 2 rings (SSSR count). The molecule has 0 saturated carbocycles. The molecule has 0 spiro atoms. The Kier molecular flexibility index (Phi) is 4.97. The van der Waals surface area contributed by atoms with Crippen LogP contribution in [0.1, 0.15) is 33.4 Å². The number of phenols is 2. The third-order valence-corrected chi connectivity index (χ3v) is 5.89. The minimum absolute atomic E-state index is 0.413. The van der Waals surface area contributed by atoms with Crippen molar-refractivity contribution in [3.8, 4) is 11.5 Å². The Morgan fingerprint density at radius 2 is 0.952 bits per heavy atom. The summed E-state index contributed by atoms with van der Waals surface area (Å²) in [6.45, 7) is 7.80. The molecule has 0 aliphatic rings.